The Balaban J connectivity index is 2.26. The lowest BCUT2D eigenvalue weighted by atomic mass is 9.93. The molecule has 1 aromatic rings. The highest BCUT2D eigenvalue weighted by molar-refractivity contribution is 5.49. The molecule has 0 spiro atoms. The van der Waals surface area contributed by atoms with Crippen molar-refractivity contribution < 1.29 is 0 Å². The molecule has 1 N–H and O–H groups in total. The van der Waals surface area contributed by atoms with Crippen molar-refractivity contribution in [2.75, 3.05) is 23.8 Å². The summed E-state index contributed by atoms with van der Waals surface area (Å²) in [5.74, 6) is 2.62. The number of piperidine rings is 1. The number of nitrogens with zero attached hydrogens (tertiary/aromatic N) is 3. The van der Waals surface area contributed by atoms with Gasteiger partial charge in [0.25, 0.3) is 0 Å². The van der Waals surface area contributed by atoms with Crippen LogP contribution in [0.25, 0.3) is 0 Å². The van der Waals surface area contributed by atoms with Gasteiger partial charge in [0.1, 0.15) is 5.82 Å². The zero-order chi connectivity index (χ0) is 12.4. The first kappa shape index (κ1) is 12.1. The average molecular weight is 234 g/mol. The third kappa shape index (κ3) is 2.51. The van der Waals surface area contributed by atoms with E-state index in [1.165, 1.54) is 12.8 Å². The molecule has 1 aromatic heterocycles. The van der Waals surface area contributed by atoms with E-state index in [1.807, 2.05) is 13.2 Å². The summed E-state index contributed by atoms with van der Waals surface area (Å²) in [7, 11) is 1.86. The van der Waals surface area contributed by atoms with Gasteiger partial charge in [0.05, 0.1) is 0 Å². The lowest BCUT2D eigenvalue weighted by Gasteiger charge is -2.38. The summed E-state index contributed by atoms with van der Waals surface area (Å²) in [5, 5.41) is 3.01. The Kier molecular flexibility index (Phi) is 3.50. The van der Waals surface area contributed by atoms with Crippen molar-refractivity contribution in [2.45, 2.75) is 39.7 Å². The Morgan fingerprint density at radius 2 is 2.18 bits per heavy atom. The molecule has 0 amide bonds. The number of rotatable bonds is 2. The molecule has 2 heterocycles. The lowest BCUT2D eigenvalue weighted by Crippen LogP contribution is -2.41. The monoisotopic (exact) mass is 234 g/mol. The number of hydrogen-bond acceptors (Lipinski definition) is 4. The summed E-state index contributed by atoms with van der Waals surface area (Å²) in [4.78, 5) is 11.3. The molecular weight excluding hydrogens is 212 g/mol. The highest BCUT2D eigenvalue weighted by atomic mass is 15.2. The van der Waals surface area contributed by atoms with E-state index in [4.69, 9.17) is 0 Å². The molecule has 2 unspecified atom stereocenters. The van der Waals surface area contributed by atoms with Crippen molar-refractivity contribution in [3.63, 3.8) is 0 Å². The van der Waals surface area contributed by atoms with Crippen LogP contribution < -0.4 is 10.2 Å². The number of nitrogens with one attached hydrogen (secondary N) is 1. The fourth-order valence-electron chi connectivity index (χ4n) is 2.57. The van der Waals surface area contributed by atoms with E-state index in [2.05, 4.69) is 41.0 Å². The van der Waals surface area contributed by atoms with E-state index >= 15 is 0 Å². The first-order chi connectivity index (χ1) is 8.11. The average Bonchev–Trinajstić information content (AvgIpc) is 2.30. The van der Waals surface area contributed by atoms with E-state index in [0.29, 0.717) is 12.0 Å². The van der Waals surface area contributed by atoms with Gasteiger partial charge in [-0.15, -0.1) is 0 Å². The smallest absolute Gasteiger partial charge is 0.224 e. The van der Waals surface area contributed by atoms with Crippen LogP contribution in [0, 0.1) is 12.8 Å². The molecular formula is C13H22N4. The van der Waals surface area contributed by atoms with Crippen LogP contribution >= 0.6 is 0 Å². The molecule has 2 rings (SSSR count). The second-order valence-corrected chi connectivity index (χ2v) is 5.12. The Morgan fingerprint density at radius 3 is 2.82 bits per heavy atom. The maximum atomic E-state index is 4.59. The van der Waals surface area contributed by atoms with Crippen LogP contribution in [0.3, 0.4) is 0 Å². The van der Waals surface area contributed by atoms with Crippen LogP contribution in [-0.4, -0.2) is 29.6 Å². The van der Waals surface area contributed by atoms with Crippen molar-refractivity contribution in [1.82, 2.24) is 9.97 Å². The summed E-state index contributed by atoms with van der Waals surface area (Å²) in [5.41, 5.74) is 1.16. The summed E-state index contributed by atoms with van der Waals surface area (Å²) >= 11 is 0. The van der Waals surface area contributed by atoms with Crippen molar-refractivity contribution >= 4 is 11.8 Å². The zero-order valence-electron chi connectivity index (χ0n) is 11.2. The first-order valence-corrected chi connectivity index (χ1v) is 6.40. The van der Waals surface area contributed by atoms with E-state index in [9.17, 15) is 0 Å². The van der Waals surface area contributed by atoms with Crippen molar-refractivity contribution in [3.8, 4) is 0 Å². The van der Waals surface area contributed by atoms with Gasteiger partial charge in [-0.3, -0.25) is 0 Å². The highest BCUT2D eigenvalue weighted by Gasteiger charge is 2.25. The van der Waals surface area contributed by atoms with Crippen LogP contribution in [0.5, 0.6) is 0 Å². The van der Waals surface area contributed by atoms with Crippen LogP contribution in [0.1, 0.15) is 32.3 Å². The predicted molar refractivity (Wildman–Crippen MR) is 71.5 cm³/mol. The van der Waals surface area contributed by atoms with E-state index in [-0.39, 0.29) is 0 Å². The Morgan fingerprint density at radius 1 is 1.41 bits per heavy atom. The van der Waals surface area contributed by atoms with Crippen molar-refractivity contribution in [1.29, 1.82) is 0 Å². The second-order valence-electron chi connectivity index (χ2n) is 5.12. The van der Waals surface area contributed by atoms with E-state index in [0.717, 1.165) is 23.8 Å². The van der Waals surface area contributed by atoms with Gasteiger partial charge in [-0.05, 0) is 32.6 Å². The quantitative estimate of drug-likeness (QED) is 0.853. The Bertz CT molecular complexity index is 391. The second kappa shape index (κ2) is 4.90. The fourth-order valence-corrected chi connectivity index (χ4v) is 2.57. The molecule has 94 valence electrons. The minimum atomic E-state index is 0.567. The summed E-state index contributed by atoms with van der Waals surface area (Å²) in [6, 6.07) is 0.567. The standard InChI is InChI=1S/C13H22N4/c1-9-5-6-17(11(3)7-9)12-10(2)8-15-13(14-4)16-12/h8-9,11H,5-7H2,1-4H3,(H,14,15,16). The van der Waals surface area contributed by atoms with Crippen LogP contribution in [-0.2, 0) is 0 Å². The van der Waals surface area contributed by atoms with Crippen LogP contribution in [0.15, 0.2) is 6.20 Å². The highest BCUT2D eigenvalue weighted by Crippen LogP contribution is 2.28. The normalized spacial score (nSPS) is 24.8. The molecule has 0 saturated carbocycles. The Labute approximate surface area is 103 Å². The molecule has 2 atom stereocenters. The molecule has 0 radical (unpaired) electrons. The molecule has 4 nitrogen and oxygen atoms in total. The maximum Gasteiger partial charge on any atom is 0.224 e. The molecule has 1 aliphatic rings. The first-order valence-electron chi connectivity index (χ1n) is 6.40. The van der Waals surface area contributed by atoms with Gasteiger partial charge >= 0.3 is 0 Å². The van der Waals surface area contributed by atoms with Crippen LogP contribution in [0.2, 0.25) is 0 Å². The fraction of sp³-hybridized carbons (Fsp3) is 0.692. The number of hydrogen-bond donors (Lipinski definition) is 1. The minimum Gasteiger partial charge on any atom is -0.357 e. The molecule has 0 aliphatic carbocycles. The molecule has 17 heavy (non-hydrogen) atoms. The SMILES string of the molecule is CNc1ncc(C)c(N2CCC(C)CC2C)n1. The van der Waals surface area contributed by atoms with Gasteiger partial charge in [0.2, 0.25) is 5.95 Å². The summed E-state index contributed by atoms with van der Waals surface area (Å²) in [6.07, 6.45) is 4.40. The van der Waals surface area contributed by atoms with E-state index < -0.39 is 0 Å². The predicted octanol–water partition coefficient (Wildman–Crippen LogP) is 2.45. The third-order valence-corrected chi connectivity index (χ3v) is 3.58. The number of aryl methyl sites for hydroxylation is 1. The van der Waals surface area contributed by atoms with Gasteiger partial charge in [-0.25, -0.2) is 4.98 Å². The van der Waals surface area contributed by atoms with Gasteiger partial charge in [0.15, 0.2) is 0 Å². The number of anilines is 2. The summed E-state index contributed by atoms with van der Waals surface area (Å²) < 4.78 is 0. The van der Waals surface area contributed by atoms with Crippen molar-refractivity contribution in [2.24, 2.45) is 5.92 Å². The van der Waals surface area contributed by atoms with Gasteiger partial charge in [0, 0.05) is 31.4 Å². The molecule has 1 saturated heterocycles. The molecule has 0 aromatic carbocycles. The topological polar surface area (TPSA) is 41.1 Å². The largest absolute Gasteiger partial charge is 0.357 e. The van der Waals surface area contributed by atoms with Gasteiger partial charge in [-0.2, -0.15) is 4.98 Å². The number of aromatic nitrogens is 2. The molecule has 1 aliphatic heterocycles. The van der Waals surface area contributed by atoms with Gasteiger partial charge in [-0.1, -0.05) is 6.92 Å². The van der Waals surface area contributed by atoms with E-state index in [1.54, 1.807) is 0 Å². The van der Waals surface area contributed by atoms with Crippen molar-refractivity contribution in [3.05, 3.63) is 11.8 Å². The van der Waals surface area contributed by atoms with Gasteiger partial charge < -0.3 is 10.2 Å². The molecule has 0 bridgehead atoms. The third-order valence-electron chi connectivity index (χ3n) is 3.58. The Hall–Kier alpha value is -1.32. The maximum absolute atomic E-state index is 4.59. The zero-order valence-corrected chi connectivity index (χ0v) is 11.2. The lowest BCUT2D eigenvalue weighted by molar-refractivity contribution is 0.375. The molecule has 4 heteroatoms. The minimum absolute atomic E-state index is 0.567. The van der Waals surface area contributed by atoms with Crippen LogP contribution in [0.4, 0.5) is 11.8 Å². The molecule has 1 fully saturated rings. The summed E-state index contributed by atoms with van der Waals surface area (Å²) in [6.45, 7) is 7.80.